The van der Waals surface area contributed by atoms with Crippen molar-refractivity contribution in [1.82, 2.24) is 19.6 Å². The van der Waals surface area contributed by atoms with Gasteiger partial charge >= 0.3 is 12.3 Å². The molecule has 0 spiro atoms. The van der Waals surface area contributed by atoms with Gasteiger partial charge in [-0.15, -0.1) is 0 Å². The molecule has 1 fully saturated rings. The van der Waals surface area contributed by atoms with E-state index in [1.165, 1.54) is 24.3 Å². The monoisotopic (exact) mass is 649 g/mol. The highest BCUT2D eigenvalue weighted by molar-refractivity contribution is 7.89. The number of benzene rings is 2. The van der Waals surface area contributed by atoms with Gasteiger partial charge in [0.1, 0.15) is 17.0 Å². The van der Waals surface area contributed by atoms with E-state index in [2.05, 4.69) is 30.2 Å². The largest absolute Gasteiger partial charge is 0.444 e. The first-order valence-corrected chi connectivity index (χ1v) is 15.7. The molecule has 3 aromatic rings. The number of piperazine rings is 1. The minimum Gasteiger partial charge on any atom is -0.444 e. The van der Waals surface area contributed by atoms with Crippen molar-refractivity contribution in [3.63, 3.8) is 0 Å². The van der Waals surface area contributed by atoms with Gasteiger partial charge in [-0.25, -0.2) is 22.9 Å². The zero-order valence-corrected chi connectivity index (χ0v) is 26.8. The first kappa shape index (κ1) is 33.8. The van der Waals surface area contributed by atoms with Crippen LogP contribution in [0.2, 0.25) is 0 Å². The smallest absolute Gasteiger partial charge is 0.421 e. The Kier molecular flexibility index (Phi) is 9.54. The maximum Gasteiger partial charge on any atom is 0.421 e. The number of carbonyl (C=O) groups is 1. The van der Waals surface area contributed by atoms with E-state index in [1.54, 1.807) is 37.8 Å². The molecule has 2 heterocycles. The summed E-state index contributed by atoms with van der Waals surface area (Å²) in [7, 11) is -3.93. The summed E-state index contributed by atoms with van der Waals surface area (Å²) in [6.45, 7) is 12.7. The summed E-state index contributed by atoms with van der Waals surface area (Å²) in [5.74, 6) is -0.639. The molecule has 0 unspecified atom stereocenters. The first-order chi connectivity index (χ1) is 20.8. The van der Waals surface area contributed by atoms with Crippen LogP contribution in [0.15, 0.2) is 59.6 Å². The second-order valence-electron chi connectivity index (χ2n) is 12.6. The molecular weight excluding hydrogens is 611 g/mol. The Bertz CT molecular complexity index is 1610. The number of sulfonamides is 1. The van der Waals surface area contributed by atoms with Crippen molar-refractivity contribution < 1.29 is 31.1 Å². The first-order valence-electron chi connectivity index (χ1n) is 14.2. The van der Waals surface area contributed by atoms with Gasteiger partial charge in [0.2, 0.25) is 16.0 Å². The maximum atomic E-state index is 13.8. The number of ether oxygens (including phenoxy) is 1. The molecule has 0 bridgehead atoms. The number of hydrogen-bond acceptors (Lipinski definition) is 9. The van der Waals surface area contributed by atoms with Crippen LogP contribution in [0.4, 0.5) is 46.8 Å². The van der Waals surface area contributed by atoms with Crippen LogP contribution in [0, 0.1) is 0 Å². The van der Waals surface area contributed by atoms with Gasteiger partial charge in [-0.05, 0) is 84.0 Å². The molecule has 0 saturated carbocycles. The molecule has 1 aliphatic rings. The van der Waals surface area contributed by atoms with E-state index in [-0.39, 0.29) is 22.6 Å². The van der Waals surface area contributed by atoms with Crippen LogP contribution in [0.3, 0.4) is 0 Å². The molecule has 11 nitrogen and oxygen atoms in total. The molecule has 1 saturated heterocycles. The average Bonchev–Trinajstić information content (AvgIpc) is 2.91. The highest BCUT2D eigenvalue weighted by Gasteiger charge is 2.35. The third kappa shape index (κ3) is 9.44. The summed E-state index contributed by atoms with van der Waals surface area (Å²) in [5.41, 5.74) is -0.890. The molecule has 4 rings (SSSR count). The summed E-state index contributed by atoms with van der Waals surface area (Å²) in [4.78, 5) is 23.9. The highest BCUT2D eigenvalue weighted by atomic mass is 32.2. The number of hydrogen-bond donors (Lipinski definition) is 3. The van der Waals surface area contributed by atoms with Gasteiger partial charge in [-0.2, -0.15) is 18.2 Å². The maximum absolute atomic E-state index is 13.8. The number of alkyl halides is 3. The quantitative estimate of drug-likeness (QED) is 0.277. The molecule has 0 atom stereocenters. The molecule has 1 aliphatic heterocycles. The summed E-state index contributed by atoms with van der Waals surface area (Å²) in [6, 6.07) is 12.7. The van der Waals surface area contributed by atoms with Crippen molar-refractivity contribution in [2.24, 2.45) is 0 Å². The summed E-state index contributed by atoms with van der Waals surface area (Å²) in [6.07, 6.45) is -4.45. The topological polar surface area (TPSA) is 129 Å². The predicted molar refractivity (Wildman–Crippen MR) is 167 cm³/mol. The minimum absolute atomic E-state index is 0.0950. The van der Waals surface area contributed by atoms with Gasteiger partial charge < -0.3 is 25.2 Å². The van der Waals surface area contributed by atoms with Crippen LogP contribution in [-0.4, -0.2) is 66.7 Å². The standard InChI is InChI=1S/C30H38F3N7O4S/c1-28(2,3)38-45(42,43)23-9-7-8-21(18-23)35-25-24(30(31,32)33)19-34-26(37-25)36-20-10-12-22(13-11-20)39-14-16-40(17-15-39)27(41)44-29(4,5)6/h7-13,18-19,38H,14-17H2,1-6H3,(H2,34,35,36,37). The van der Waals surface area contributed by atoms with Gasteiger partial charge in [-0.3, -0.25) is 0 Å². The number of nitrogens with one attached hydrogen (secondary N) is 3. The number of rotatable bonds is 7. The lowest BCUT2D eigenvalue weighted by atomic mass is 10.1. The molecule has 1 amide bonds. The summed E-state index contributed by atoms with van der Waals surface area (Å²) in [5, 5.41) is 5.53. The Morgan fingerprint density at radius 2 is 1.53 bits per heavy atom. The molecule has 0 aliphatic carbocycles. The number of amides is 1. The SMILES string of the molecule is CC(C)(C)NS(=O)(=O)c1cccc(Nc2nc(Nc3ccc(N4CCN(C(=O)OC(C)(C)C)CC4)cc3)ncc2C(F)(F)F)c1. The van der Waals surface area contributed by atoms with Gasteiger partial charge in [0.15, 0.2) is 0 Å². The Balaban J connectivity index is 1.47. The number of halogens is 3. The Morgan fingerprint density at radius 3 is 2.11 bits per heavy atom. The molecule has 1 aromatic heterocycles. The second kappa shape index (κ2) is 12.7. The third-order valence-electron chi connectivity index (χ3n) is 6.36. The average molecular weight is 650 g/mol. The molecule has 15 heteroatoms. The van der Waals surface area contributed by atoms with Crippen LogP contribution >= 0.6 is 0 Å². The van der Waals surface area contributed by atoms with E-state index in [9.17, 15) is 26.4 Å². The lowest BCUT2D eigenvalue weighted by Gasteiger charge is -2.36. The van der Waals surface area contributed by atoms with Crippen molar-refractivity contribution in [3.05, 3.63) is 60.3 Å². The van der Waals surface area contributed by atoms with E-state index in [0.717, 1.165) is 5.69 Å². The molecule has 2 aromatic carbocycles. The van der Waals surface area contributed by atoms with Crippen LogP contribution < -0.4 is 20.3 Å². The number of carbonyl (C=O) groups excluding carboxylic acids is 1. The van der Waals surface area contributed by atoms with E-state index < -0.39 is 38.7 Å². The zero-order valence-electron chi connectivity index (χ0n) is 26.0. The summed E-state index contributed by atoms with van der Waals surface area (Å²) >= 11 is 0. The van der Waals surface area contributed by atoms with Gasteiger partial charge in [0.05, 0.1) is 4.90 Å². The van der Waals surface area contributed by atoms with Crippen LogP contribution in [0.25, 0.3) is 0 Å². The Morgan fingerprint density at radius 1 is 0.889 bits per heavy atom. The van der Waals surface area contributed by atoms with E-state index >= 15 is 0 Å². The Hall–Kier alpha value is -4.11. The molecule has 0 radical (unpaired) electrons. The molecule has 3 N–H and O–H groups in total. The van der Waals surface area contributed by atoms with Gasteiger partial charge in [-0.1, -0.05) is 6.07 Å². The fraction of sp³-hybridized carbons (Fsp3) is 0.433. The van der Waals surface area contributed by atoms with Crippen molar-refractivity contribution >= 4 is 44.9 Å². The Labute approximate surface area is 261 Å². The molecule has 244 valence electrons. The number of aromatic nitrogens is 2. The molecular formula is C30H38F3N7O4S. The zero-order chi connectivity index (χ0) is 33.2. The van der Waals surface area contributed by atoms with Gasteiger partial charge in [0.25, 0.3) is 0 Å². The molecule has 45 heavy (non-hydrogen) atoms. The van der Waals surface area contributed by atoms with E-state index in [0.29, 0.717) is 38.1 Å². The highest BCUT2D eigenvalue weighted by Crippen LogP contribution is 2.36. The third-order valence-corrected chi connectivity index (χ3v) is 8.12. The van der Waals surface area contributed by atoms with Crippen molar-refractivity contribution in [1.29, 1.82) is 0 Å². The van der Waals surface area contributed by atoms with Crippen molar-refractivity contribution in [3.8, 4) is 0 Å². The second-order valence-corrected chi connectivity index (χ2v) is 14.3. The van der Waals surface area contributed by atoms with Crippen molar-refractivity contribution in [2.75, 3.05) is 41.7 Å². The van der Waals surface area contributed by atoms with Gasteiger partial charge in [0, 0.05) is 55.0 Å². The number of anilines is 5. The predicted octanol–water partition coefficient (Wildman–Crippen LogP) is 6.12. The number of nitrogens with zero attached hydrogens (tertiary/aromatic N) is 4. The van der Waals surface area contributed by atoms with Crippen LogP contribution in [0.1, 0.15) is 47.1 Å². The van der Waals surface area contributed by atoms with Crippen LogP contribution in [-0.2, 0) is 20.9 Å². The van der Waals surface area contributed by atoms with E-state index in [4.69, 9.17) is 4.74 Å². The lowest BCUT2D eigenvalue weighted by molar-refractivity contribution is -0.137. The normalized spacial score (nSPS) is 14.7. The fourth-order valence-electron chi connectivity index (χ4n) is 4.44. The van der Waals surface area contributed by atoms with E-state index in [1.807, 2.05) is 32.9 Å². The lowest BCUT2D eigenvalue weighted by Crippen LogP contribution is -2.50. The minimum atomic E-state index is -4.77. The van der Waals surface area contributed by atoms with Crippen LogP contribution in [0.5, 0.6) is 0 Å². The fourth-order valence-corrected chi connectivity index (χ4v) is 5.91. The van der Waals surface area contributed by atoms with Crippen molar-refractivity contribution in [2.45, 2.75) is 63.8 Å². The summed E-state index contributed by atoms with van der Waals surface area (Å²) < 4.78 is 75.0.